The molecule has 3 heteroatoms. The first kappa shape index (κ1) is 13.3. The Balaban J connectivity index is 2.28. The summed E-state index contributed by atoms with van der Waals surface area (Å²) in [6.07, 6.45) is 3.80. The first-order valence-corrected chi connectivity index (χ1v) is 6.12. The van der Waals surface area contributed by atoms with Gasteiger partial charge in [-0.25, -0.2) is 4.79 Å². The van der Waals surface area contributed by atoms with E-state index in [9.17, 15) is 4.79 Å². The third-order valence-electron chi connectivity index (χ3n) is 2.94. The number of benzene rings is 2. The van der Waals surface area contributed by atoms with Crippen LogP contribution >= 0.6 is 0 Å². The fourth-order valence-electron chi connectivity index (χ4n) is 1.93. The van der Waals surface area contributed by atoms with Gasteiger partial charge < -0.3 is 9.84 Å². The summed E-state index contributed by atoms with van der Waals surface area (Å²) in [4.78, 5) is 11.0. The van der Waals surface area contributed by atoms with E-state index in [1.54, 1.807) is 6.08 Å². The van der Waals surface area contributed by atoms with Gasteiger partial charge in [-0.15, -0.1) is 0 Å². The lowest BCUT2D eigenvalue weighted by Gasteiger charge is -2.03. The highest BCUT2D eigenvalue weighted by Gasteiger charge is 1.98. The van der Waals surface area contributed by atoms with Crippen LogP contribution in [-0.2, 0) is 16.0 Å². The molecule has 1 N–H and O–H groups in total. The summed E-state index contributed by atoms with van der Waals surface area (Å²) in [5.41, 5.74) is 2.07. The van der Waals surface area contributed by atoms with Gasteiger partial charge >= 0.3 is 5.97 Å². The van der Waals surface area contributed by atoms with Crippen LogP contribution in [0.3, 0.4) is 0 Å². The van der Waals surface area contributed by atoms with Crippen molar-refractivity contribution in [3.05, 3.63) is 53.6 Å². The van der Waals surface area contributed by atoms with Crippen molar-refractivity contribution in [2.75, 3.05) is 13.7 Å². The monoisotopic (exact) mass is 256 g/mol. The van der Waals surface area contributed by atoms with Crippen molar-refractivity contribution < 1.29 is 14.6 Å². The SMILES string of the molecule is COC(=O)C=Cc1ccc2cc(CCO)ccc2c1. The Labute approximate surface area is 112 Å². The van der Waals surface area contributed by atoms with E-state index in [2.05, 4.69) is 10.8 Å². The molecule has 0 atom stereocenters. The van der Waals surface area contributed by atoms with Crippen LogP contribution in [0.5, 0.6) is 0 Å². The van der Waals surface area contributed by atoms with Gasteiger partial charge in [-0.2, -0.15) is 0 Å². The molecule has 0 aliphatic heterocycles. The molecular weight excluding hydrogens is 240 g/mol. The van der Waals surface area contributed by atoms with Crippen LogP contribution in [0.1, 0.15) is 11.1 Å². The second-order valence-corrected chi connectivity index (χ2v) is 4.27. The second kappa shape index (κ2) is 6.16. The van der Waals surface area contributed by atoms with Crippen LogP contribution in [0.15, 0.2) is 42.5 Å². The first-order chi connectivity index (χ1) is 9.22. The molecule has 0 heterocycles. The molecule has 0 unspecified atom stereocenters. The van der Waals surface area contributed by atoms with Gasteiger partial charge in [0.25, 0.3) is 0 Å². The van der Waals surface area contributed by atoms with Crippen molar-refractivity contribution >= 4 is 22.8 Å². The maximum Gasteiger partial charge on any atom is 0.330 e. The molecule has 3 nitrogen and oxygen atoms in total. The number of esters is 1. The zero-order valence-electron chi connectivity index (χ0n) is 10.8. The van der Waals surface area contributed by atoms with Crippen LogP contribution in [-0.4, -0.2) is 24.8 Å². The average Bonchev–Trinajstić information content (AvgIpc) is 2.45. The van der Waals surface area contributed by atoms with Gasteiger partial charge in [0.05, 0.1) is 7.11 Å². The predicted octanol–water partition coefficient (Wildman–Crippen LogP) is 2.56. The van der Waals surface area contributed by atoms with Gasteiger partial charge in [-0.1, -0.05) is 30.3 Å². The first-order valence-electron chi connectivity index (χ1n) is 6.12. The molecule has 0 saturated carbocycles. The van der Waals surface area contributed by atoms with Gasteiger partial charge in [0.15, 0.2) is 0 Å². The van der Waals surface area contributed by atoms with Crippen molar-refractivity contribution in [1.82, 2.24) is 0 Å². The molecule has 0 aromatic heterocycles. The maximum absolute atomic E-state index is 11.0. The molecule has 0 spiro atoms. The smallest absolute Gasteiger partial charge is 0.330 e. The fraction of sp³-hybridized carbons (Fsp3) is 0.188. The largest absolute Gasteiger partial charge is 0.466 e. The number of carbonyl (C=O) groups is 1. The molecular formula is C16H16O3. The van der Waals surface area contributed by atoms with Crippen molar-refractivity contribution in [3.63, 3.8) is 0 Å². The zero-order valence-corrected chi connectivity index (χ0v) is 10.8. The molecule has 98 valence electrons. The van der Waals surface area contributed by atoms with Gasteiger partial charge in [0, 0.05) is 12.7 Å². The molecule has 2 rings (SSSR count). The van der Waals surface area contributed by atoms with Crippen LogP contribution in [0, 0.1) is 0 Å². The summed E-state index contributed by atoms with van der Waals surface area (Å²) in [5.74, 6) is -0.363. The number of hydrogen-bond acceptors (Lipinski definition) is 3. The van der Waals surface area contributed by atoms with Crippen molar-refractivity contribution in [2.45, 2.75) is 6.42 Å². The van der Waals surface area contributed by atoms with Gasteiger partial charge in [-0.3, -0.25) is 0 Å². The standard InChI is InChI=1S/C16H16O3/c1-19-16(18)7-4-12-2-5-15-11-13(8-9-17)3-6-14(15)10-12/h2-7,10-11,17H,8-9H2,1H3. The number of aliphatic hydroxyl groups excluding tert-OH is 1. The minimum atomic E-state index is -0.363. The van der Waals surface area contributed by atoms with Gasteiger partial charge in [0.1, 0.15) is 0 Å². The Bertz CT molecular complexity index is 614. The minimum Gasteiger partial charge on any atom is -0.466 e. The Morgan fingerprint density at radius 3 is 2.68 bits per heavy atom. The van der Waals surface area contributed by atoms with Gasteiger partial charge in [0.2, 0.25) is 0 Å². The normalized spacial score (nSPS) is 11.1. The average molecular weight is 256 g/mol. The predicted molar refractivity (Wildman–Crippen MR) is 75.8 cm³/mol. The number of carbonyl (C=O) groups excluding carboxylic acids is 1. The Kier molecular flexibility index (Phi) is 4.31. The van der Waals surface area contributed by atoms with E-state index in [0.29, 0.717) is 6.42 Å². The molecule has 0 saturated heterocycles. The number of ether oxygens (including phenoxy) is 1. The number of aliphatic hydroxyl groups is 1. The molecule has 0 bridgehead atoms. The topological polar surface area (TPSA) is 46.5 Å². The second-order valence-electron chi connectivity index (χ2n) is 4.27. The molecule has 0 fully saturated rings. The third kappa shape index (κ3) is 3.42. The summed E-state index contributed by atoms with van der Waals surface area (Å²) in [6.45, 7) is 0.158. The third-order valence-corrected chi connectivity index (χ3v) is 2.94. The van der Waals surface area contributed by atoms with Crippen molar-refractivity contribution in [2.24, 2.45) is 0 Å². The summed E-state index contributed by atoms with van der Waals surface area (Å²) in [5, 5.41) is 11.2. The molecule has 0 aliphatic rings. The van der Waals surface area contributed by atoms with Crippen LogP contribution in [0.25, 0.3) is 16.8 Å². The Morgan fingerprint density at radius 1 is 1.21 bits per heavy atom. The zero-order chi connectivity index (χ0) is 13.7. The highest BCUT2D eigenvalue weighted by molar-refractivity contribution is 5.89. The highest BCUT2D eigenvalue weighted by atomic mass is 16.5. The van der Waals surface area contributed by atoms with Crippen LogP contribution < -0.4 is 0 Å². The molecule has 19 heavy (non-hydrogen) atoms. The quantitative estimate of drug-likeness (QED) is 0.675. The van der Waals surface area contributed by atoms with E-state index >= 15 is 0 Å². The van der Waals surface area contributed by atoms with E-state index in [1.165, 1.54) is 13.2 Å². The maximum atomic E-state index is 11.0. The lowest BCUT2D eigenvalue weighted by molar-refractivity contribution is -0.134. The van der Waals surface area contributed by atoms with E-state index in [-0.39, 0.29) is 12.6 Å². The summed E-state index contributed by atoms with van der Waals surface area (Å²) in [6, 6.07) is 12.1. The lowest BCUT2D eigenvalue weighted by atomic mass is 10.0. The molecule has 2 aromatic rings. The van der Waals surface area contributed by atoms with Crippen molar-refractivity contribution in [1.29, 1.82) is 0 Å². The van der Waals surface area contributed by atoms with E-state index in [0.717, 1.165) is 21.9 Å². The minimum absolute atomic E-state index is 0.158. The highest BCUT2D eigenvalue weighted by Crippen LogP contribution is 2.19. The molecule has 0 aliphatic carbocycles. The lowest BCUT2D eigenvalue weighted by Crippen LogP contribution is -1.93. The Morgan fingerprint density at radius 2 is 1.95 bits per heavy atom. The molecule has 2 aromatic carbocycles. The number of methoxy groups -OCH3 is 1. The van der Waals surface area contributed by atoms with E-state index < -0.39 is 0 Å². The number of fused-ring (bicyclic) bond motifs is 1. The molecule has 0 amide bonds. The van der Waals surface area contributed by atoms with Crippen LogP contribution in [0.4, 0.5) is 0 Å². The van der Waals surface area contributed by atoms with Crippen LogP contribution in [0.2, 0.25) is 0 Å². The summed E-state index contributed by atoms with van der Waals surface area (Å²) >= 11 is 0. The van der Waals surface area contributed by atoms with Crippen molar-refractivity contribution in [3.8, 4) is 0 Å². The van der Waals surface area contributed by atoms with Gasteiger partial charge in [-0.05, 0) is 40.5 Å². The van der Waals surface area contributed by atoms with E-state index in [1.807, 2.05) is 30.3 Å². The summed E-state index contributed by atoms with van der Waals surface area (Å²) in [7, 11) is 1.36. The number of rotatable bonds is 4. The fourth-order valence-corrected chi connectivity index (χ4v) is 1.93. The Hall–Kier alpha value is -2.13. The summed E-state index contributed by atoms with van der Waals surface area (Å²) < 4.78 is 4.55. The molecule has 0 radical (unpaired) electrons. The number of hydrogen-bond donors (Lipinski definition) is 1. The van der Waals surface area contributed by atoms with E-state index in [4.69, 9.17) is 5.11 Å².